The van der Waals surface area contributed by atoms with E-state index >= 15 is 0 Å². The molecule has 0 aromatic heterocycles. The van der Waals surface area contributed by atoms with E-state index in [4.69, 9.17) is 4.74 Å². The van der Waals surface area contributed by atoms with Gasteiger partial charge in [0.2, 0.25) is 15.9 Å². The molecule has 0 unspecified atom stereocenters. The van der Waals surface area contributed by atoms with Crippen LogP contribution in [0.5, 0.6) is 5.75 Å². The number of amides is 1. The van der Waals surface area contributed by atoms with Gasteiger partial charge < -0.3 is 9.64 Å². The zero-order valence-corrected chi connectivity index (χ0v) is 17.4. The molecular weight excluding hydrogens is 395 g/mol. The molecule has 1 aliphatic rings. The smallest absolute Gasteiger partial charge is 0.246 e. The Morgan fingerprint density at radius 2 is 1.66 bits per heavy atom. The van der Waals surface area contributed by atoms with Crippen molar-refractivity contribution in [3.63, 3.8) is 0 Å². The summed E-state index contributed by atoms with van der Waals surface area (Å²) < 4.78 is 46.1. The fraction of sp³-hybridized carbons (Fsp3) is 0.381. The number of halogens is 1. The molecule has 1 heterocycles. The number of piperazine rings is 1. The number of ether oxygens (including phenoxy) is 1. The molecular formula is C21H25FN2O4S. The predicted octanol–water partition coefficient (Wildman–Crippen LogP) is 2.74. The lowest BCUT2D eigenvalue weighted by Gasteiger charge is -2.34. The van der Waals surface area contributed by atoms with Gasteiger partial charge in [-0.3, -0.25) is 4.79 Å². The average Bonchev–Trinajstić information content (AvgIpc) is 2.67. The lowest BCUT2D eigenvalue weighted by atomic mass is 10.1. The lowest BCUT2D eigenvalue weighted by Crippen LogP contribution is -2.50. The molecule has 6 nitrogen and oxygen atoms in total. The molecule has 0 aliphatic carbocycles. The summed E-state index contributed by atoms with van der Waals surface area (Å²) in [7, 11) is -3.91. The Bertz CT molecular complexity index is 966. The Labute approximate surface area is 170 Å². The van der Waals surface area contributed by atoms with Crippen molar-refractivity contribution >= 4 is 15.9 Å². The standard InChI is InChI=1S/C21H25FN2O4S/c1-16-13-17(2)15-18(14-16)28-12-7-21(25)23-8-10-24(11-9-23)29(26,27)20-6-4-3-5-19(20)22/h3-6,13-15H,7-12H2,1-2H3. The third-order valence-corrected chi connectivity index (χ3v) is 6.76. The van der Waals surface area contributed by atoms with Gasteiger partial charge >= 0.3 is 0 Å². The molecule has 1 aliphatic heterocycles. The Morgan fingerprint density at radius 1 is 1.03 bits per heavy atom. The van der Waals surface area contributed by atoms with Crippen molar-refractivity contribution in [2.45, 2.75) is 25.2 Å². The van der Waals surface area contributed by atoms with E-state index < -0.39 is 15.8 Å². The van der Waals surface area contributed by atoms with Crippen molar-refractivity contribution in [3.8, 4) is 5.75 Å². The Kier molecular flexibility index (Phi) is 6.54. The first-order chi connectivity index (χ1) is 13.8. The number of aryl methyl sites for hydroxylation is 2. The molecule has 29 heavy (non-hydrogen) atoms. The first-order valence-electron chi connectivity index (χ1n) is 9.51. The predicted molar refractivity (Wildman–Crippen MR) is 108 cm³/mol. The average molecular weight is 421 g/mol. The molecule has 1 fully saturated rings. The van der Waals surface area contributed by atoms with Crippen molar-refractivity contribution in [2.75, 3.05) is 32.8 Å². The van der Waals surface area contributed by atoms with Crippen LogP contribution in [0.1, 0.15) is 17.5 Å². The van der Waals surface area contributed by atoms with Crippen molar-refractivity contribution in [2.24, 2.45) is 0 Å². The summed E-state index contributed by atoms with van der Waals surface area (Å²) in [6, 6.07) is 11.2. The minimum atomic E-state index is -3.91. The number of carbonyl (C=O) groups excluding carboxylic acids is 1. The Balaban J connectivity index is 1.51. The molecule has 0 atom stereocenters. The number of hydrogen-bond acceptors (Lipinski definition) is 4. The van der Waals surface area contributed by atoms with Crippen LogP contribution in [-0.4, -0.2) is 56.3 Å². The van der Waals surface area contributed by atoms with Gasteiger partial charge in [-0.05, 0) is 49.2 Å². The molecule has 0 N–H and O–H groups in total. The van der Waals surface area contributed by atoms with Gasteiger partial charge in [0.25, 0.3) is 0 Å². The zero-order valence-electron chi connectivity index (χ0n) is 16.6. The number of rotatable bonds is 6. The van der Waals surface area contributed by atoms with Gasteiger partial charge in [-0.15, -0.1) is 0 Å². The van der Waals surface area contributed by atoms with Gasteiger partial charge in [0, 0.05) is 26.2 Å². The quantitative estimate of drug-likeness (QED) is 0.721. The normalized spacial score (nSPS) is 15.3. The molecule has 8 heteroatoms. The van der Waals surface area contributed by atoms with E-state index in [2.05, 4.69) is 0 Å². The van der Waals surface area contributed by atoms with Crippen LogP contribution in [0.4, 0.5) is 4.39 Å². The van der Waals surface area contributed by atoms with E-state index in [-0.39, 0.29) is 50.0 Å². The molecule has 1 amide bonds. The number of carbonyl (C=O) groups is 1. The highest BCUT2D eigenvalue weighted by atomic mass is 32.2. The van der Waals surface area contributed by atoms with Gasteiger partial charge in [0.05, 0.1) is 13.0 Å². The maximum Gasteiger partial charge on any atom is 0.246 e. The summed E-state index contributed by atoms with van der Waals surface area (Å²) in [5, 5.41) is 0. The molecule has 2 aromatic carbocycles. The summed E-state index contributed by atoms with van der Waals surface area (Å²) in [4.78, 5) is 13.7. The van der Waals surface area contributed by atoms with Crippen molar-refractivity contribution in [1.82, 2.24) is 9.21 Å². The van der Waals surface area contributed by atoms with Crippen LogP contribution in [0.25, 0.3) is 0 Å². The van der Waals surface area contributed by atoms with Gasteiger partial charge in [0.1, 0.15) is 16.5 Å². The first kappa shape index (κ1) is 21.3. The minimum Gasteiger partial charge on any atom is -0.493 e. The molecule has 2 aromatic rings. The van der Waals surface area contributed by atoms with E-state index in [9.17, 15) is 17.6 Å². The maximum atomic E-state index is 13.9. The minimum absolute atomic E-state index is 0.0858. The van der Waals surface area contributed by atoms with Crippen LogP contribution in [0.3, 0.4) is 0 Å². The molecule has 156 valence electrons. The van der Waals surface area contributed by atoms with E-state index in [1.54, 1.807) is 4.90 Å². The summed E-state index contributed by atoms with van der Waals surface area (Å²) in [6.07, 6.45) is 0.215. The maximum absolute atomic E-state index is 13.9. The molecule has 1 saturated heterocycles. The summed E-state index contributed by atoms with van der Waals surface area (Å²) in [5.74, 6) is -0.122. The van der Waals surface area contributed by atoms with Crippen LogP contribution in [0.2, 0.25) is 0 Å². The number of nitrogens with zero attached hydrogens (tertiary/aromatic N) is 2. The summed E-state index contributed by atoms with van der Waals surface area (Å²) >= 11 is 0. The van der Waals surface area contributed by atoms with E-state index in [1.807, 2.05) is 32.0 Å². The van der Waals surface area contributed by atoms with Gasteiger partial charge in [0.15, 0.2) is 0 Å². The van der Waals surface area contributed by atoms with Crippen molar-refractivity contribution in [1.29, 1.82) is 0 Å². The molecule has 0 radical (unpaired) electrons. The monoisotopic (exact) mass is 420 g/mol. The van der Waals surface area contributed by atoms with Gasteiger partial charge in [-0.1, -0.05) is 18.2 Å². The van der Waals surface area contributed by atoms with Crippen molar-refractivity contribution < 1.29 is 22.3 Å². The molecule has 0 bridgehead atoms. The topological polar surface area (TPSA) is 66.9 Å². The molecule has 0 spiro atoms. The van der Waals surface area contributed by atoms with Crippen LogP contribution < -0.4 is 4.74 Å². The van der Waals surface area contributed by atoms with Crippen LogP contribution in [-0.2, 0) is 14.8 Å². The second kappa shape index (κ2) is 8.92. The fourth-order valence-corrected chi connectivity index (χ4v) is 4.89. The van der Waals surface area contributed by atoms with Gasteiger partial charge in [-0.25, -0.2) is 12.8 Å². The highest BCUT2D eigenvalue weighted by Crippen LogP contribution is 2.21. The molecule has 0 saturated carbocycles. The second-order valence-electron chi connectivity index (χ2n) is 7.14. The first-order valence-corrected chi connectivity index (χ1v) is 10.9. The second-order valence-corrected chi connectivity index (χ2v) is 9.04. The highest BCUT2D eigenvalue weighted by molar-refractivity contribution is 7.89. The highest BCUT2D eigenvalue weighted by Gasteiger charge is 2.31. The lowest BCUT2D eigenvalue weighted by molar-refractivity contribution is -0.132. The summed E-state index contributed by atoms with van der Waals surface area (Å²) in [6.45, 7) is 5.06. The van der Waals surface area contributed by atoms with Gasteiger partial charge in [-0.2, -0.15) is 4.31 Å². The SMILES string of the molecule is Cc1cc(C)cc(OCCC(=O)N2CCN(S(=O)(=O)c3ccccc3F)CC2)c1. The van der Waals surface area contributed by atoms with Crippen molar-refractivity contribution in [3.05, 3.63) is 59.4 Å². The summed E-state index contributed by atoms with van der Waals surface area (Å²) in [5.41, 5.74) is 2.19. The van der Waals surface area contributed by atoms with Crippen LogP contribution >= 0.6 is 0 Å². The number of benzene rings is 2. The number of sulfonamides is 1. The fourth-order valence-electron chi connectivity index (χ4n) is 3.40. The van der Waals surface area contributed by atoms with E-state index in [1.165, 1.54) is 22.5 Å². The Morgan fingerprint density at radius 3 is 2.28 bits per heavy atom. The number of hydrogen-bond donors (Lipinski definition) is 0. The third kappa shape index (κ3) is 5.13. The zero-order chi connectivity index (χ0) is 21.0. The van der Waals surface area contributed by atoms with Crippen LogP contribution in [0, 0.1) is 19.7 Å². The van der Waals surface area contributed by atoms with E-state index in [0.29, 0.717) is 0 Å². The van der Waals surface area contributed by atoms with Crippen LogP contribution in [0.15, 0.2) is 47.4 Å². The Hall–Kier alpha value is -2.45. The van der Waals surface area contributed by atoms with E-state index in [0.717, 1.165) is 22.9 Å². The molecule has 3 rings (SSSR count). The largest absolute Gasteiger partial charge is 0.493 e. The third-order valence-electron chi connectivity index (χ3n) is 4.83.